The van der Waals surface area contributed by atoms with Gasteiger partial charge < -0.3 is 30.1 Å². The van der Waals surface area contributed by atoms with Crippen LogP contribution in [-0.4, -0.2) is 84.9 Å². The second kappa shape index (κ2) is 9.49. The van der Waals surface area contributed by atoms with E-state index in [0.717, 1.165) is 44.0 Å². The summed E-state index contributed by atoms with van der Waals surface area (Å²) in [5.74, 6) is -0.523. The number of carbonyl (C=O) groups excluding carboxylic acids is 1. The van der Waals surface area contributed by atoms with Gasteiger partial charge in [-0.1, -0.05) is 0 Å². The Bertz CT molecular complexity index is 1160. The van der Waals surface area contributed by atoms with E-state index >= 15 is 0 Å². The van der Waals surface area contributed by atoms with Crippen molar-refractivity contribution >= 4 is 28.9 Å². The van der Waals surface area contributed by atoms with E-state index in [1.807, 2.05) is 25.1 Å². The van der Waals surface area contributed by atoms with Gasteiger partial charge >= 0.3 is 6.36 Å². The fourth-order valence-corrected chi connectivity index (χ4v) is 4.94. The topological polar surface area (TPSA) is 85.9 Å². The number of likely N-dealkylation sites (N-methyl/N-ethyl adjacent to an activating group) is 1. The average molecular weight is 504 g/mol. The van der Waals surface area contributed by atoms with Crippen LogP contribution in [0, 0.1) is 5.92 Å². The molecule has 2 N–H and O–H groups in total. The molecule has 1 aromatic carbocycles. The number of alkyl halides is 3. The molecule has 12 heteroatoms. The third kappa shape index (κ3) is 5.03. The van der Waals surface area contributed by atoms with Gasteiger partial charge in [-0.05, 0) is 43.8 Å². The Morgan fingerprint density at radius 2 is 1.92 bits per heavy atom. The summed E-state index contributed by atoms with van der Waals surface area (Å²) in [6.07, 6.45) is -0.601. The lowest BCUT2D eigenvalue weighted by atomic mass is 9.94. The molecule has 3 aliphatic rings. The highest BCUT2D eigenvalue weighted by atomic mass is 19.4. The van der Waals surface area contributed by atoms with Gasteiger partial charge in [0, 0.05) is 57.7 Å². The summed E-state index contributed by atoms with van der Waals surface area (Å²) < 4.78 is 43.6. The minimum Gasteiger partial charge on any atom is -0.404 e. The molecule has 0 saturated carbocycles. The number of rotatable bonds is 5. The van der Waals surface area contributed by atoms with Crippen LogP contribution in [0.25, 0.3) is 5.70 Å². The Hall–Kier alpha value is -3.54. The molecule has 1 aromatic heterocycles. The summed E-state index contributed by atoms with van der Waals surface area (Å²) in [4.78, 5) is 27.4. The normalized spacial score (nSPS) is 22.7. The third-order valence-electron chi connectivity index (χ3n) is 6.89. The minimum absolute atomic E-state index is 0.0184. The molecule has 0 spiro atoms. The number of anilines is 3. The Kier molecular flexibility index (Phi) is 6.37. The number of piperidine rings is 1. The molecule has 2 fully saturated rings. The molecule has 1 amide bonds. The molecule has 4 heterocycles. The molecule has 192 valence electrons. The van der Waals surface area contributed by atoms with Crippen molar-refractivity contribution < 1.29 is 22.7 Å². The first-order chi connectivity index (χ1) is 17.2. The Morgan fingerprint density at radius 1 is 1.14 bits per heavy atom. The van der Waals surface area contributed by atoms with Crippen molar-refractivity contribution in [2.24, 2.45) is 5.92 Å². The van der Waals surface area contributed by atoms with Gasteiger partial charge in [-0.2, -0.15) is 0 Å². The Labute approximate surface area is 206 Å². The number of nitrogens with zero attached hydrogens (tertiary/aromatic N) is 5. The number of aromatic nitrogens is 2. The zero-order valence-corrected chi connectivity index (χ0v) is 20.0. The summed E-state index contributed by atoms with van der Waals surface area (Å²) in [6.45, 7) is 3.86. The van der Waals surface area contributed by atoms with E-state index < -0.39 is 6.36 Å². The van der Waals surface area contributed by atoms with Crippen molar-refractivity contribution in [2.75, 3.05) is 57.0 Å². The molecule has 2 atom stereocenters. The first-order valence-corrected chi connectivity index (χ1v) is 11.8. The van der Waals surface area contributed by atoms with Crippen LogP contribution >= 0.6 is 0 Å². The van der Waals surface area contributed by atoms with Gasteiger partial charge in [-0.25, -0.2) is 9.97 Å². The maximum atomic E-state index is 13.1. The first kappa shape index (κ1) is 24.2. The number of amides is 1. The van der Waals surface area contributed by atoms with Gasteiger partial charge in [0.1, 0.15) is 0 Å². The van der Waals surface area contributed by atoms with Crippen LogP contribution in [0.5, 0.6) is 5.75 Å². The largest absolute Gasteiger partial charge is 0.573 e. The molecule has 2 saturated heterocycles. The van der Waals surface area contributed by atoms with Crippen molar-refractivity contribution in [3.63, 3.8) is 0 Å². The highest BCUT2D eigenvalue weighted by Gasteiger charge is 2.40. The number of nitrogens with one attached hydrogen (secondary N) is 2. The minimum atomic E-state index is -4.84. The molecule has 2 aromatic rings. The first-order valence-electron chi connectivity index (χ1n) is 11.8. The van der Waals surface area contributed by atoms with Crippen LogP contribution in [0.2, 0.25) is 0 Å². The number of fused-ring (bicyclic) bond motifs is 1. The Balaban J connectivity index is 1.43. The van der Waals surface area contributed by atoms with E-state index in [9.17, 15) is 18.0 Å². The summed E-state index contributed by atoms with van der Waals surface area (Å²) in [7, 11) is 3.95. The van der Waals surface area contributed by atoms with Crippen LogP contribution in [0.15, 0.2) is 36.5 Å². The molecule has 2 unspecified atom stereocenters. The lowest BCUT2D eigenvalue weighted by Gasteiger charge is -2.34. The predicted molar refractivity (Wildman–Crippen MR) is 129 cm³/mol. The quantitative estimate of drug-likeness (QED) is 0.645. The fraction of sp³-hybridized carbons (Fsp3) is 0.458. The summed E-state index contributed by atoms with van der Waals surface area (Å²) in [5, 5.41) is 5.81. The number of piperazine rings is 1. The molecule has 0 bridgehead atoms. The molecule has 0 aliphatic carbocycles. The molecular formula is C24H28F3N7O2. The van der Waals surface area contributed by atoms with Crippen molar-refractivity contribution in [3.05, 3.63) is 42.2 Å². The third-order valence-corrected chi connectivity index (χ3v) is 6.89. The maximum Gasteiger partial charge on any atom is 0.573 e. The zero-order chi connectivity index (χ0) is 25.4. The van der Waals surface area contributed by atoms with Gasteiger partial charge in [0.2, 0.25) is 11.9 Å². The molecular weight excluding hydrogens is 475 g/mol. The van der Waals surface area contributed by atoms with E-state index in [4.69, 9.17) is 0 Å². The van der Waals surface area contributed by atoms with E-state index in [0.29, 0.717) is 12.2 Å². The summed E-state index contributed by atoms with van der Waals surface area (Å²) in [5.41, 5.74) is 2.25. The van der Waals surface area contributed by atoms with Gasteiger partial charge in [0.05, 0.1) is 23.0 Å². The molecule has 5 rings (SSSR count). The number of hydrogen-bond donors (Lipinski definition) is 2. The summed E-state index contributed by atoms with van der Waals surface area (Å²) in [6, 6.07) is 6.33. The van der Waals surface area contributed by atoms with Crippen LogP contribution in [0.3, 0.4) is 0 Å². The van der Waals surface area contributed by atoms with Crippen LogP contribution < -0.4 is 20.3 Å². The zero-order valence-electron chi connectivity index (χ0n) is 20.0. The number of halogens is 3. The van der Waals surface area contributed by atoms with Crippen LogP contribution in [0.1, 0.15) is 12.1 Å². The smallest absolute Gasteiger partial charge is 0.404 e. The number of carbonyl (C=O) groups is 1. The second-order valence-electron chi connectivity index (χ2n) is 9.24. The fourth-order valence-electron chi connectivity index (χ4n) is 4.94. The van der Waals surface area contributed by atoms with Crippen molar-refractivity contribution in [1.82, 2.24) is 25.1 Å². The van der Waals surface area contributed by atoms with Gasteiger partial charge in [0.25, 0.3) is 0 Å². The lowest BCUT2D eigenvalue weighted by Crippen LogP contribution is -2.46. The SMILES string of the molecule is CN1CCN(c2ccc(OC(F)(F)F)c(Nc3nccc(C4=CC5C(=O)NCCC5N4C)n3)c2)CC1. The van der Waals surface area contributed by atoms with Gasteiger partial charge in [-0.15, -0.1) is 13.2 Å². The average Bonchev–Trinajstić information content (AvgIpc) is 3.18. The lowest BCUT2D eigenvalue weighted by molar-refractivity contribution is -0.274. The molecule has 3 aliphatic heterocycles. The highest BCUT2D eigenvalue weighted by Crippen LogP contribution is 2.37. The van der Waals surface area contributed by atoms with E-state index in [-0.39, 0.29) is 35.3 Å². The van der Waals surface area contributed by atoms with Crippen molar-refractivity contribution in [3.8, 4) is 5.75 Å². The molecule has 36 heavy (non-hydrogen) atoms. The van der Waals surface area contributed by atoms with Crippen LogP contribution in [-0.2, 0) is 4.79 Å². The van der Waals surface area contributed by atoms with Crippen LogP contribution in [0.4, 0.5) is 30.5 Å². The van der Waals surface area contributed by atoms with E-state index in [1.165, 1.54) is 12.3 Å². The molecule has 0 radical (unpaired) electrons. The van der Waals surface area contributed by atoms with Crippen molar-refractivity contribution in [1.29, 1.82) is 0 Å². The monoisotopic (exact) mass is 503 g/mol. The van der Waals surface area contributed by atoms with E-state index in [2.05, 4.69) is 35.1 Å². The van der Waals surface area contributed by atoms with Gasteiger partial charge in [-0.3, -0.25) is 4.79 Å². The molecule has 9 nitrogen and oxygen atoms in total. The van der Waals surface area contributed by atoms with Gasteiger partial charge in [0.15, 0.2) is 5.75 Å². The van der Waals surface area contributed by atoms with E-state index in [1.54, 1.807) is 18.2 Å². The predicted octanol–water partition coefficient (Wildman–Crippen LogP) is 2.66. The Morgan fingerprint density at radius 3 is 2.64 bits per heavy atom. The highest BCUT2D eigenvalue weighted by molar-refractivity contribution is 5.86. The maximum absolute atomic E-state index is 13.1. The number of benzene rings is 1. The van der Waals surface area contributed by atoms with Crippen molar-refractivity contribution in [2.45, 2.75) is 18.8 Å². The number of hydrogen-bond acceptors (Lipinski definition) is 8. The second-order valence-corrected chi connectivity index (χ2v) is 9.24. The number of ether oxygens (including phenoxy) is 1. The standard InChI is InChI=1S/C24H28F3N7O2/c1-32-9-11-34(12-10-32)15-3-4-21(36-24(25,26)27)18(13-15)31-23-29-7-5-17(30-23)20-14-16-19(33(20)2)6-8-28-22(16)35/h3-5,7,13-14,16,19H,6,8-12H2,1-2H3,(H,28,35)(H,29,30,31). The summed E-state index contributed by atoms with van der Waals surface area (Å²) >= 11 is 0.